The number of benzene rings is 2. The topological polar surface area (TPSA) is 43.6 Å². The van der Waals surface area contributed by atoms with E-state index in [1.165, 1.54) is 0 Å². The van der Waals surface area contributed by atoms with Crippen LogP contribution in [0.15, 0.2) is 61.9 Å². The van der Waals surface area contributed by atoms with E-state index in [9.17, 15) is 0 Å². The molecule has 0 radical (unpaired) electrons. The Bertz CT molecular complexity index is 907. The van der Waals surface area contributed by atoms with E-state index in [0.29, 0.717) is 19.8 Å². The molecule has 0 spiro atoms. The summed E-state index contributed by atoms with van der Waals surface area (Å²) < 4.78 is 19.1. The highest BCUT2D eigenvalue weighted by molar-refractivity contribution is 9.11. The number of halogens is 2. The van der Waals surface area contributed by atoms with Crippen LogP contribution in [0.1, 0.15) is 5.76 Å². The van der Waals surface area contributed by atoms with Gasteiger partial charge in [0.2, 0.25) is 0 Å². The first-order valence-corrected chi connectivity index (χ1v) is 9.45. The highest BCUT2D eigenvalue weighted by Crippen LogP contribution is 2.34. The minimum Gasteiger partial charge on any atom is -0.486 e. The normalized spacial score (nSPS) is 12.9. The molecule has 0 atom stereocenters. The molecule has 3 aromatic rings. The van der Waals surface area contributed by atoms with Gasteiger partial charge >= 0.3 is 0 Å². The molecule has 0 unspecified atom stereocenters. The Kier molecular flexibility index (Phi) is 4.72. The van der Waals surface area contributed by atoms with Crippen molar-refractivity contribution < 1.29 is 13.9 Å². The monoisotopic (exact) mass is 463 g/mol. The van der Waals surface area contributed by atoms with Crippen LogP contribution in [0, 0.1) is 0 Å². The van der Waals surface area contributed by atoms with Crippen LogP contribution in [0.4, 0.5) is 5.69 Å². The van der Waals surface area contributed by atoms with E-state index < -0.39 is 0 Å². The lowest BCUT2D eigenvalue weighted by atomic mass is 10.2. The van der Waals surface area contributed by atoms with Gasteiger partial charge in [0.15, 0.2) is 11.5 Å². The lowest BCUT2D eigenvalue weighted by Crippen LogP contribution is -2.15. The minimum absolute atomic E-state index is 0.583. The van der Waals surface area contributed by atoms with Crippen LogP contribution in [0.25, 0.3) is 11.3 Å². The van der Waals surface area contributed by atoms with Gasteiger partial charge in [-0.1, -0.05) is 15.9 Å². The minimum atomic E-state index is 0.583. The first kappa shape index (κ1) is 16.5. The third-order valence-electron chi connectivity index (χ3n) is 3.87. The molecule has 1 aliphatic heterocycles. The molecule has 2 heterocycles. The van der Waals surface area contributed by atoms with Crippen LogP contribution in [0.5, 0.6) is 11.5 Å². The molecule has 6 heteroatoms. The molecule has 0 aliphatic carbocycles. The van der Waals surface area contributed by atoms with Gasteiger partial charge in [-0.15, -0.1) is 0 Å². The van der Waals surface area contributed by atoms with E-state index in [0.717, 1.165) is 43.2 Å². The number of rotatable bonds is 4. The largest absolute Gasteiger partial charge is 0.486 e. The lowest BCUT2D eigenvalue weighted by molar-refractivity contribution is 0.171. The van der Waals surface area contributed by atoms with Crippen LogP contribution in [-0.2, 0) is 6.54 Å². The van der Waals surface area contributed by atoms with Gasteiger partial charge in [0.25, 0.3) is 0 Å². The second-order valence-electron chi connectivity index (χ2n) is 5.60. The summed E-state index contributed by atoms with van der Waals surface area (Å²) in [6.07, 6.45) is 0. The molecule has 0 saturated heterocycles. The molecule has 4 nitrogen and oxygen atoms in total. The van der Waals surface area contributed by atoms with Crippen molar-refractivity contribution in [1.82, 2.24) is 0 Å². The van der Waals surface area contributed by atoms with Crippen molar-refractivity contribution in [2.24, 2.45) is 0 Å². The fourth-order valence-electron chi connectivity index (χ4n) is 2.65. The van der Waals surface area contributed by atoms with Crippen molar-refractivity contribution in [3.8, 4) is 22.8 Å². The summed E-state index contributed by atoms with van der Waals surface area (Å²) in [6, 6.07) is 15.8. The molecule has 1 N–H and O–H groups in total. The molecule has 1 aromatic heterocycles. The zero-order valence-corrected chi connectivity index (χ0v) is 16.4. The molecule has 25 heavy (non-hydrogen) atoms. The van der Waals surface area contributed by atoms with E-state index in [1.54, 1.807) is 0 Å². The highest BCUT2D eigenvalue weighted by Gasteiger charge is 2.12. The summed E-state index contributed by atoms with van der Waals surface area (Å²) in [5, 5.41) is 3.35. The Morgan fingerprint density at radius 3 is 2.56 bits per heavy atom. The van der Waals surface area contributed by atoms with Crippen LogP contribution in [-0.4, -0.2) is 13.2 Å². The maximum Gasteiger partial charge on any atom is 0.163 e. The third-order valence-corrected chi connectivity index (χ3v) is 5.02. The summed E-state index contributed by atoms with van der Waals surface area (Å²) in [5.41, 5.74) is 1.99. The Labute approximate surface area is 162 Å². The van der Waals surface area contributed by atoms with Crippen LogP contribution >= 0.6 is 31.9 Å². The van der Waals surface area contributed by atoms with Gasteiger partial charge in [0, 0.05) is 26.3 Å². The Hall–Kier alpha value is -1.92. The standard InChI is InChI=1S/C19H15Br2NO3/c20-12-1-4-15(16(21)9-12)17-6-3-14(25-17)11-22-13-2-5-18-19(10-13)24-8-7-23-18/h1-6,9-10,22H,7-8,11H2. The van der Waals surface area contributed by atoms with E-state index in [2.05, 4.69) is 37.2 Å². The average molecular weight is 465 g/mol. The number of fused-ring (bicyclic) bond motifs is 1. The van der Waals surface area contributed by atoms with Crippen LogP contribution in [0.3, 0.4) is 0 Å². The summed E-state index contributed by atoms with van der Waals surface area (Å²) in [5.74, 6) is 3.26. The van der Waals surface area contributed by atoms with E-state index in [4.69, 9.17) is 13.9 Å². The fourth-order valence-corrected chi connectivity index (χ4v) is 3.89. The molecule has 0 amide bonds. The second-order valence-corrected chi connectivity index (χ2v) is 7.37. The van der Waals surface area contributed by atoms with Crippen molar-refractivity contribution >= 4 is 37.5 Å². The number of ether oxygens (including phenoxy) is 2. The number of nitrogens with one attached hydrogen (secondary N) is 1. The zero-order valence-electron chi connectivity index (χ0n) is 13.2. The first-order chi connectivity index (χ1) is 12.2. The van der Waals surface area contributed by atoms with Gasteiger partial charge in [0.1, 0.15) is 24.7 Å². The molecule has 4 rings (SSSR count). The number of furan rings is 1. The third kappa shape index (κ3) is 3.70. The van der Waals surface area contributed by atoms with Crippen LogP contribution in [0.2, 0.25) is 0 Å². The van der Waals surface area contributed by atoms with Gasteiger partial charge in [-0.2, -0.15) is 0 Å². The van der Waals surface area contributed by atoms with E-state index >= 15 is 0 Å². The molecule has 0 bridgehead atoms. The van der Waals surface area contributed by atoms with Gasteiger partial charge in [-0.25, -0.2) is 0 Å². The zero-order chi connectivity index (χ0) is 17.2. The Morgan fingerprint density at radius 2 is 1.72 bits per heavy atom. The maximum absolute atomic E-state index is 5.96. The fraction of sp³-hybridized carbons (Fsp3) is 0.158. The number of hydrogen-bond acceptors (Lipinski definition) is 4. The number of hydrogen-bond donors (Lipinski definition) is 1. The van der Waals surface area contributed by atoms with Crippen molar-refractivity contribution in [1.29, 1.82) is 0 Å². The molecular formula is C19H15Br2NO3. The number of anilines is 1. The molecule has 0 fully saturated rings. The predicted octanol–water partition coefficient (Wildman–Crippen LogP) is 5.85. The Balaban J connectivity index is 1.46. The van der Waals surface area contributed by atoms with Gasteiger partial charge in [0.05, 0.1) is 6.54 Å². The lowest BCUT2D eigenvalue weighted by Gasteiger charge is -2.19. The van der Waals surface area contributed by atoms with Gasteiger partial charge in [-0.3, -0.25) is 0 Å². The molecule has 0 saturated carbocycles. The summed E-state index contributed by atoms with van der Waals surface area (Å²) >= 11 is 7.03. The summed E-state index contributed by atoms with van der Waals surface area (Å²) in [7, 11) is 0. The van der Waals surface area contributed by atoms with Crippen molar-refractivity contribution in [2.45, 2.75) is 6.54 Å². The van der Waals surface area contributed by atoms with Gasteiger partial charge < -0.3 is 19.2 Å². The Morgan fingerprint density at radius 1 is 0.880 bits per heavy atom. The summed E-state index contributed by atoms with van der Waals surface area (Å²) in [4.78, 5) is 0. The first-order valence-electron chi connectivity index (χ1n) is 7.87. The average Bonchev–Trinajstić information content (AvgIpc) is 3.08. The van der Waals surface area contributed by atoms with Gasteiger partial charge in [-0.05, 0) is 58.4 Å². The molecule has 2 aromatic carbocycles. The van der Waals surface area contributed by atoms with Crippen LogP contribution < -0.4 is 14.8 Å². The predicted molar refractivity (Wildman–Crippen MR) is 104 cm³/mol. The second kappa shape index (κ2) is 7.14. The maximum atomic E-state index is 5.96. The smallest absolute Gasteiger partial charge is 0.163 e. The molecule has 128 valence electrons. The quantitative estimate of drug-likeness (QED) is 0.525. The molecule has 1 aliphatic rings. The van der Waals surface area contributed by atoms with Crippen molar-refractivity contribution in [3.63, 3.8) is 0 Å². The highest BCUT2D eigenvalue weighted by atomic mass is 79.9. The molecular weight excluding hydrogens is 450 g/mol. The van der Waals surface area contributed by atoms with E-state index in [-0.39, 0.29) is 0 Å². The van der Waals surface area contributed by atoms with E-state index in [1.807, 2.05) is 48.5 Å². The summed E-state index contributed by atoms with van der Waals surface area (Å²) in [6.45, 7) is 1.77. The SMILES string of the molecule is Brc1ccc(-c2ccc(CNc3ccc4c(c3)OCCO4)o2)c(Br)c1. The van der Waals surface area contributed by atoms with Crippen molar-refractivity contribution in [2.75, 3.05) is 18.5 Å². The van der Waals surface area contributed by atoms with Crippen molar-refractivity contribution in [3.05, 3.63) is 63.2 Å².